The van der Waals surface area contributed by atoms with E-state index in [1.165, 1.54) is 0 Å². The number of aryl methyl sites for hydroxylation is 1. The van der Waals surface area contributed by atoms with Gasteiger partial charge in [0.15, 0.2) is 5.78 Å². The second-order valence-corrected chi connectivity index (χ2v) is 4.45. The van der Waals surface area contributed by atoms with Crippen LogP contribution in [0.5, 0.6) is 0 Å². The molecule has 0 radical (unpaired) electrons. The summed E-state index contributed by atoms with van der Waals surface area (Å²) in [6.45, 7) is 3.63. The van der Waals surface area contributed by atoms with Crippen LogP contribution < -0.4 is 0 Å². The van der Waals surface area contributed by atoms with Crippen LogP contribution in [-0.4, -0.2) is 11.2 Å². The van der Waals surface area contributed by atoms with Crippen LogP contribution in [0.1, 0.15) is 22.8 Å². The smallest absolute Gasteiger partial charge is 0.180 e. The highest BCUT2D eigenvalue weighted by Crippen LogP contribution is 2.18. The van der Waals surface area contributed by atoms with E-state index in [1.54, 1.807) is 13.0 Å². The Morgan fingerprint density at radius 1 is 1.54 bits per heavy atom. The van der Waals surface area contributed by atoms with Crippen molar-refractivity contribution >= 4 is 33.3 Å². The first-order valence-electron chi connectivity index (χ1n) is 3.97. The molecule has 1 nitrogen and oxygen atoms in total. The molecule has 1 aromatic rings. The fourth-order valence-corrected chi connectivity index (χ4v) is 1.40. The fourth-order valence-electron chi connectivity index (χ4n) is 1.03. The number of carbonyl (C=O) groups is 1. The lowest BCUT2D eigenvalue weighted by Gasteiger charge is -2.04. The number of benzene rings is 1. The van der Waals surface area contributed by atoms with E-state index >= 15 is 0 Å². The van der Waals surface area contributed by atoms with E-state index in [0.717, 1.165) is 10.0 Å². The van der Waals surface area contributed by atoms with Gasteiger partial charge in [-0.2, -0.15) is 0 Å². The minimum atomic E-state index is -0.458. The van der Waals surface area contributed by atoms with E-state index in [1.807, 2.05) is 19.1 Å². The molecule has 0 saturated carbocycles. The van der Waals surface area contributed by atoms with Crippen molar-refractivity contribution in [1.29, 1.82) is 0 Å². The summed E-state index contributed by atoms with van der Waals surface area (Å²) < 4.78 is 1.01. The van der Waals surface area contributed by atoms with Crippen molar-refractivity contribution < 1.29 is 4.79 Å². The van der Waals surface area contributed by atoms with E-state index in [0.29, 0.717) is 5.56 Å². The van der Waals surface area contributed by atoms with Gasteiger partial charge in [-0.25, -0.2) is 0 Å². The zero-order chi connectivity index (χ0) is 10.0. The van der Waals surface area contributed by atoms with Gasteiger partial charge >= 0.3 is 0 Å². The van der Waals surface area contributed by atoms with Crippen molar-refractivity contribution in [3.05, 3.63) is 33.8 Å². The van der Waals surface area contributed by atoms with Crippen molar-refractivity contribution in [3.8, 4) is 0 Å². The average molecular weight is 262 g/mol. The van der Waals surface area contributed by atoms with Gasteiger partial charge < -0.3 is 0 Å². The molecule has 1 atom stereocenters. The molecule has 1 unspecified atom stereocenters. The molecular weight excluding hydrogens is 251 g/mol. The van der Waals surface area contributed by atoms with Crippen molar-refractivity contribution in [2.24, 2.45) is 0 Å². The average Bonchev–Trinajstić information content (AvgIpc) is 2.08. The Bertz CT molecular complexity index is 334. The van der Waals surface area contributed by atoms with Crippen molar-refractivity contribution in [3.63, 3.8) is 0 Å². The van der Waals surface area contributed by atoms with Crippen LogP contribution in [0.25, 0.3) is 0 Å². The topological polar surface area (TPSA) is 17.1 Å². The van der Waals surface area contributed by atoms with E-state index in [4.69, 9.17) is 11.6 Å². The molecule has 3 heteroatoms. The number of halogens is 2. The summed E-state index contributed by atoms with van der Waals surface area (Å²) >= 11 is 9.06. The zero-order valence-corrected chi connectivity index (χ0v) is 9.82. The molecule has 1 aromatic carbocycles. The summed E-state index contributed by atoms with van der Waals surface area (Å²) in [4.78, 5) is 11.5. The van der Waals surface area contributed by atoms with Gasteiger partial charge in [-0.1, -0.05) is 22.0 Å². The van der Waals surface area contributed by atoms with Crippen LogP contribution in [0.2, 0.25) is 0 Å². The first-order valence-corrected chi connectivity index (χ1v) is 5.19. The molecule has 0 aliphatic heterocycles. The molecule has 0 aromatic heterocycles. The zero-order valence-electron chi connectivity index (χ0n) is 7.47. The molecule has 0 aliphatic carbocycles. The summed E-state index contributed by atoms with van der Waals surface area (Å²) in [6.07, 6.45) is 0. The summed E-state index contributed by atoms with van der Waals surface area (Å²) in [7, 11) is 0. The molecule has 13 heavy (non-hydrogen) atoms. The monoisotopic (exact) mass is 260 g/mol. The number of alkyl halides is 1. The van der Waals surface area contributed by atoms with E-state index in [2.05, 4.69) is 15.9 Å². The third kappa shape index (κ3) is 2.55. The third-order valence-electron chi connectivity index (χ3n) is 1.80. The molecule has 0 aliphatic rings. The number of hydrogen-bond donors (Lipinski definition) is 0. The summed E-state index contributed by atoms with van der Waals surface area (Å²) in [6, 6.07) is 5.48. The van der Waals surface area contributed by atoms with E-state index in [9.17, 15) is 4.79 Å². The molecule has 0 bridgehead atoms. The maximum atomic E-state index is 11.5. The first kappa shape index (κ1) is 10.7. The number of ketones is 1. The predicted molar refractivity (Wildman–Crippen MR) is 58.5 cm³/mol. The molecule has 0 spiro atoms. The largest absolute Gasteiger partial charge is 0.293 e. The van der Waals surface area contributed by atoms with Gasteiger partial charge in [0.1, 0.15) is 0 Å². The molecule has 0 saturated heterocycles. The Kier molecular flexibility index (Phi) is 3.51. The SMILES string of the molecule is Cc1cc(C(=O)C(C)Cl)ccc1Br. The lowest BCUT2D eigenvalue weighted by molar-refractivity contribution is 0.0991. The fraction of sp³-hybridized carbons (Fsp3) is 0.300. The van der Waals surface area contributed by atoms with Crippen LogP contribution >= 0.6 is 27.5 Å². The van der Waals surface area contributed by atoms with Crippen molar-refractivity contribution in [2.45, 2.75) is 19.2 Å². The van der Waals surface area contributed by atoms with Crippen molar-refractivity contribution in [2.75, 3.05) is 0 Å². The molecule has 0 heterocycles. The molecule has 0 fully saturated rings. The highest BCUT2D eigenvalue weighted by molar-refractivity contribution is 9.10. The lowest BCUT2D eigenvalue weighted by Crippen LogP contribution is -2.10. The second kappa shape index (κ2) is 4.25. The minimum absolute atomic E-state index is 0.0303. The van der Waals surface area contributed by atoms with Gasteiger partial charge in [-0.05, 0) is 31.5 Å². The maximum Gasteiger partial charge on any atom is 0.180 e. The van der Waals surface area contributed by atoms with Crippen LogP contribution in [0.4, 0.5) is 0 Å². The Labute approximate surface area is 91.2 Å². The highest BCUT2D eigenvalue weighted by atomic mass is 79.9. The van der Waals surface area contributed by atoms with Crippen LogP contribution in [0.15, 0.2) is 22.7 Å². The third-order valence-corrected chi connectivity index (χ3v) is 2.89. The number of hydrogen-bond acceptors (Lipinski definition) is 1. The van der Waals surface area contributed by atoms with Gasteiger partial charge in [-0.3, -0.25) is 4.79 Å². The van der Waals surface area contributed by atoms with Crippen molar-refractivity contribution in [1.82, 2.24) is 0 Å². The molecule has 0 N–H and O–H groups in total. The molecule has 0 amide bonds. The lowest BCUT2D eigenvalue weighted by atomic mass is 10.1. The van der Waals surface area contributed by atoms with Gasteiger partial charge in [0.05, 0.1) is 5.38 Å². The number of rotatable bonds is 2. The Hall–Kier alpha value is -0.340. The summed E-state index contributed by atoms with van der Waals surface area (Å²) in [5, 5.41) is -0.458. The number of Topliss-reactive ketones (excluding diaryl/α,β-unsaturated/α-hetero) is 1. The second-order valence-electron chi connectivity index (χ2n) is 2.94. The Morgan fingerprint density at radius 3 is 2.62 bits per heavy atom. The van der Waals surface area contributed by atoms with Crippen LogP contribution in [0, 0.1) is 6.92 Å². The molecule has 70 valence electrons. The summed E-state index contributed by atoms with van der Waals surface area (Å²) in [5.41, 5.74) is 1.71. The number of carbonyl (C=O) groups excluding carboxylic acids is 1. The standard InChI is InChI=1S/C10H10BrClO/c1-6-5-8(3-4-9(6)11)10(13)7(2)12/h3-5,7H,1-2H3. The Balaban J connectivity index is 3.04. The molecular formula is C10H10BrClO. The normalized spacial score (nSPS) is 12.6. The quantitative estimate of drug-likeness (QED) is 0.587. The van der Waals surface area contributed by atoms with E-state index in [-0.39, 0.29) is 5.78 Å². The van der Waals surface area contributed by atoms with Crippen LogP contribution in [-0.2, 0) is 0 Å². The Morgan fingerprint density at radius 2 is 2.15 bits per heavy atom. The minimum Gasteiger partial charge on any atom is -0.293 e. The first-order chi connectivity index (χ1) is 6.02. The predicted octanol–water partition coefficient (Wildman–Crippen LogP) is 3.57. The van der Waals surface area contributed by atoms with Gasteiger partial charge in [-0.15, -0.1) is 11.6 Å². The van der Waals surface area contributed by atoms with E-state index < -0.39 is 5.38 Å². The maximum absolute atomic E-state index is 11.5. The summed E-state index contributed by atoms with van der Waals surface area (Å²) in [5.74, 6) is -0.0303. The van der Waals surface area contributed by atoms with Crippen LogP contribution in [0.3, 0.4) is 0 Å². The van der Waals surface area contributed by atoms with Gasteiger partial charge in [0.2, 0.25) is 0 Å². The highest BCUT2D eigenvalue weighted by Gasteiger charge is 2.12. The van der Waals surface area contributed by atoms with Gasteiger partial charge in [0, 0.05) is 10.0 Å². The molecule has 1 rings (SSSR count). The van der Waals surface area contributed by atoms with Gasteiger partial charge in [0.25, 0.3) is 0 Å².